The Morgan fingerprint density at radius 3 is 2.30 bits per heavy atom. The van der Waals surface area contributed by atoms with E-state index in [9.17, 15) is 15.3 Å². The number of para-hydroxylation sites is 1. The average molecular weight is 476 g/mol. The van der Waals surface area contributed by atoms with Crippen molar-refractivity contribution in [3.05, 3.63) is 70.5 Å². The van der Waals surface area contributed by atoms with Crippen molar-refractivity contribution in [3.63, 3.8) is 0 Å². The van der Waals surface area contributed by atoms with E-state index in [1.807, 2.05) is 49.4 Å². The van der Waals surface area contributed by atoms with Gasteiger partial charge in [0, 0.05) is 12.1 Å². The molecule has 3 N–H and O–H groups in total. The van der Waals surface area contributed by atoms with E-state index in [-0.39, 0.29) is 26.4 Å². The Morgan fingerprint density at radius 2 is 1.70 bits per heavy atom. The van der Waals surface area contributed by atoms with Crippen molar-refractivity contribution in [1.29, 1.82) is 0 Å². The standard InChI is InChI=1S/C24H30ClN3O5/c1-17-20(23(25)28(26-17)19-7-5-4-6-8-19)13-33-21-10-9-18(11-22(21)32-3)12-27(2)24(14-29,15-30)16-31/h4-11,29-31H,12-16H2,1-3H3. The molecular weight excluding hydrogens is 446 g/mol. The summed E-state index contributed by atoms with van der Waals surface area (Å²) >= 11 is 6.59. The van der Waals surface area contributed by atoms with Gasteiger partial charge in [0.15, 0.2) is 11.5 Å². The minimum Gasteiger partial charge on any atom is -0.493 e. The van der Waals surface area contributed by atoms with Crippen LogP contribution < -0.4 is 9.47 Å². The first-order valence-electron chi connectivity index (χ1n) is 10.5. The molecule has 3 rings (SSSR count). The van der Waals surface area contributed by atoms with Crippen LogP contribution in [0.15, 0.2) is 48.5 Å². The van der Waals surface area contributed by atoms with E-state index in [4.69, 9.17) is 21.1 Å². The molecule has 0 amide bonds. The fraction of sp³-hybridized carbons (Fsp3) is 0.375. The van der Waals surface area contributed by atoms with Crippen LogP contribution in [0.1, 0.15) is 16.8 Å². The van der Waals surface area contributed by atoms with Crippen LogP contribution in [0.25, 0.3) is 5.69 Å². The number of aliphatic hydroxyl groups is 3. The van der Waals surface area contributed by atoms with Crippen molar-refractivity contribution in [3.8, 4) is 17.2 Å². The third-order valence-corrected chi connectivity index (χ3v) is 6.22. The second kappa shape index (κ2) is 11.0. The van der Waals surface area contributed by atoms with Gasteiger partial charge < -0.3 is 24.8 Å². The number of likely N-dealkylation sites (N-methyl/N-ethyl adjacent to an activating group) is 1. The zero-order valence-corrected chi connectivity index (χ0v) is 19.8. The minimum absolute atomic E-state index is 0.218. The van der Waals surface area contributed by atoms with Crippen LogP contribution >= 0.6 is 11.6 Å². The highest BCUT2D eigenvalue weighted by Crippen LogP contribution is 2.31. The van der Waals surface area contributed by atoms with Gasteiger partial charge in [0.05, 0.1) is 43.9 Å². The third-order valence-electron chi connectivity index (χ3n) is 5.83. The summed E-state index contributed by atoms with van der Waals surface area (Å²) in [7, 11) is 3.29. The molecule has 0 radical (unpaired) electrons. The second-order valence-electron chi connectivity index (χ2n) is 7.93. The van der Waals surface area contributed by atoms with Crippen molar-refractivity contribution >= 4 is 11.6 Å². The van der Waals surface area contributed by atoms with Crippen molar-refractivity contribution in [2.24, 2.45) is 0 Å². The largest absolute Gasteiger partial charge is 0.493 e. The number of hydrogen-bond acceptors (Lipinski definition) is 7. The predicted molar refractivity (Wildman–Crippen MR) is 126 cm³/mol. The molecule has 1 heterocycles. The normalized spacial score (nSPS) is 11.8. The van der Waals surface area contributed by atoms with Crippen molar-refractivity contribution in [2.75, 3.05) is 34.0 Å². The van der Waals surface area contributed by atoms with E-state index < -0.39 is 5.54 Å². The van der Waals surface area contributed by atoms with Crippen molar-refractivity contribution in [2.45, 2.75) is 25.6 Å². The molecule has 2 aromatic carbocycles. The molecule has 0 fully saturated rings. The van der Waals surface area contributed by atoms with Crippen molar-refractivity contribution in [1.82, 2.24) is 14.7 Å². The summed E-state index contributed by atoms with van der Waals surface area (Å²) < 4.78 is 13.2. The number of rotatable bonds is 11. The number of nitrogens with zero attached hydrogens (tertiary/aromatic N) is 3. The first-order valence-corrected chi connectivity index (χ1v) is 10.9. The van der Waals surface area contributed by atoms with Crippen LogP contribution in [0.2, 0.25) is 5.15 Å². The summed E-state index contributed by atoms with van der Waals surface area (Å²) in [5, 5.41) is 34.0. The van der Waals surface area contributed by atoms with Gasteiger partial charge in [0.1, 0.15) is 11.8 Å². The number of methoxy groups -OCH3 is 1. The summed E-state index contributed by atoms with van der Waals surface area (Å²) in [5.74, 6) is 1.08. The topological polar surface area (TPSA) is 100 Å². The summed E-state index contributed by atoms with van der Waals surface area (Å²) in [4.78, 5) is 1.71. The molecule has 0 aliphatic rings. The zero-order valence-electron chi connectivity index (χ0n) is 19.0. The molecular formula is C24H30ClN3O5. The fourth-order valence-corrected chi connectivity index (χ4v) is 3.80. The highest BCUT2D eigenvalue weighted by atomic mass is 35.5. The fourth-order valence-electron chi connectivity index (χ4n) is 3.47. The number of benzene rings is 2. The Balaban J connectivity index is 1.76. The SMILES string of the molecule is COc1cc(CN(C)C(CO)(CO)CO)ccc1OCc1c(C)nn(-c2ccccc2)c1Cl. The molecule has 0 spiro atoms. The average Bonchev–Trinajstić information content (AvgIpc) is 3.13. The van der Waals surface area contributed by atoms with E-state index in [0.29, 0.717) is 23.2 Å². The Labute approximate surface area is 198 Å². The Hall–Kier alpha value is -2.62. The van der Waals surface area contributed by atoms with E-state index >= 15 is 0 Å². The summed E-state index contributed by atoms with van der Waals surface area (Å²) in [5.41, 5.74) is 2.18. The van der Waals surface area contributed by atoms with Gasteiger partial charge in [0.25, 0.3) is 0 Å². The van der Waals surface area contributed by atoms with Gasteiger partial charge in [-0.25, -0.2) is 4.68 Å². The second-order valence-corrected chi connectivity index (χ2v) is 8.29. The van der Waals surface area contributed by atoms with Gasteiger partial charge in [-0.1, -0.05) is 35.9 Å². The molecule has 0 aliphatic carbocycles. The zero-order chi connectivity index (χ0) is 24.0. The molecule has 0 saturated heterocycles. The van der Waals surface area contributed by atoms with E-state index in [1.165, 1.54) is 0 Å². The minimum atomic E-state index is -1.12. The highest BCUT2D eigenvalue weighted by molar-refractivity contribution is 6.30. The van der Waals surface area contributed by atoms with Gasteiger partial charge in [0.2, 0.25) is 0 Å². The van der Waals surface area contributed by atoms with E-state index in [0.717, 1.165) is 22.5 Å². The Bertz CT molecular complexity index is 1050. The van der Waals surface area contributed by atoms with Crippen molar-refractivity contribution < 1.29 is 24.8 Å². The van der Waals surface area contributed by atoms with E-state index in [1.54, 1.807) is 29.8 Å². The van der Waals surface area contributed by atoms with Crippen LogP contribution in [-0.4, -0.2) is 69.5 Å². The smallest absolute Gasteiger partial charge is 0.161 e. The Morgan fingerprint density at radius 1 is 1.03 bits per heavy atom. The number of aromatic nitrogens is 2. The number of aliphatic hydroxyl groups excluding tert-OH is 3. The number of aryl methyl sites for hydroxylation is 1. The summed E-state index contributed by atoms with van der Waals surface area (Å²) in [6, 6.07) is 15.1. The third kappa shape index (κ3) is 5.31. The maximum Gasteiger partial charge on any atom is 0.161 e. The van der Waals surface area contributed by atoms with Crippen LogP contribution in [0.3, 0.4) is 0 Å². The first kappa shape index (κ1) is 25.0. The molecule has 178 valence electrons. The first-order chi connectivity index (χ1) is 15.9. The van der Waals surface area contributed by atoms with Crippen LogP contribution in [0.4, 0.5) is 0 Å². The molecule has 0 aliphatic heterocycles. The highest BCUT2D eigenvalue weighted by Gasteiger charge is 2.33. The number of hydrogen-bond donors (Lipinski definition) is 3. The molecule has 33 heavy (non-hydrogen) atoms. The summed E-state index contributed by atoms with van der Waals surface area (Å²) in [6.45, 7) is 1.38. The molecule has 0 bridgehead atoms. The molecule has 9 heteroatoms. The lowest BCUT2D eigenvalue weighted by atomic mass is 10.0. The maximum absolute atomic E-state index is 9.64. The predicted octanol–water partition coefficient (Wildman–Crippen LogP) is 2.57. The van der Waals surface area contributed by atoms with Gasteiger partial charge in [-0.05, 0) is 43.8 Å². The molecule has 0 saturated carbocycles. The van der Waals surface area contributed by atoms with Gasteiger partial charge >= 0.3 is 0 Å². The molecule has 8 nitrogen and oxygen atoms in total. The van der Waals surface area contributed by atoms with Gasteiger partial charge in [-0.2, -0.15) is 5.10 Å². The number of halogens is 1. The van der Waals surface area contributed by atoms with Crippen LogP contribution in [0, 0.1) is 6.92 Å². The lowest BCUT2D eigenvalue weighted by molar-refractivity contribution is -0.0387. The lowest BCUT2D eigenvalue weighted by Crippen LogP contribution is -2.55. The molecule has 0 atom stereocenters. The molecule has 3 aromatic rings. The molecule has 0 unspecified atom stereocenters. The van der Waals surface area contributed by atoms with Gasteiger partial charge in [-0.15, -0.1) is 0 Å². The number of ether oxygens (including phenoxy) is 2. The molecule has 1 aromatic heterocycles. The van der Waals surface area contributed by atoms with Crippen LogP contribution in [0.5, 0.6) is 11.5 Å². The van der Waals surface area contributed by atoms with E-state index in [2.05, 4.69) is 5.10 Å². The monoisotopic (exact) mass is 475 g/mol. The quantitative estimate of drug-likeness (QED) is 0.392. The van der Waals surface area contributed by atoms with Crippen LogP contribution in [-0.2, 0) is 13.2 Å². The summed E-state index contributed by atoms with van der Waals surface area (Å²) in [6.07, 6.45) is 0. The lowest BCUT2D eigenvalue weighted by Gasteiger charge is -2.37. The maximum atomic E-state index is 9.64. The Kier molecular flexibility index (Phi) is 8.34. The van der Waals surface area contributed by atoms with Gasteiger partial charge in [-0.3, -0.25) is 4.90 Å².